The summed E-state index contributed by atoms with van der Waals surface area (Å²) < 4.78 is 19.5. The SMILES string of the molecule is CNC(=O)c1c(-c2ccc(F)cc2)oc2ccc(-c3cccc(C(=O)NC(CO)C(C)(C)C)c3)cc12. The molecule has 0 bridgehead atoms. The lowest BCUT2D eigenvalue weighted by Gasteiger charge is -2.29. The van der Waals surface area contributed by atoms with E-state index in [1.165, 1.54) is 12.1 Å². The van der Waals surface area contributed by atoms with Crippen LogP contribution in [0.25, 0.3) is 33.4 Å². The molecule has 0 spiro atoms. The van der Waals surface area contributed by atoms with Gasteiger partial charge in [-0.05, 0) is 65.1 Å². The van der Waals surface area contributed by atoms with E-state index in [-0.39, 0.29) is 29.7 Å². The van der Waals surface area contributed by atoms with E-state index in [4.69, 9.17) is 4.42 Å². The van der Waals surface area contributed by atoms with Gasteiger partial charge in [0.05, 0.1) is 18.2 Å². The maximum absolute atomic E-state index is 13.5. The third kappa shape index (κ3) is 5.02. The van der Waals surface area contributed by atoms with Crippen molar-refractivity contribution in [1.29, 1.82) is 0 Å². The van der Waals surface area contributed by atoms with E-state index in [1.807, 2.05) is 39.0 Å². The Morgan fingerprint density at radius 2 is 1.61 bits per heavy atom. The van der Waals surface area contributed by atoms with Crippen molar-refractivity contribution in [2.75, 3.05) is 13.7 Å². The molecule has 0 aliphatic rings. The standard InChI is InChI=1S/C29H29FN2O4/c1-29(2,3)24(16-33)32-27(34)20-7-5-6-18(14-20)19-10-13-23-22(15-19)25(28(35)31-4)26(36-23)17-8-11-21(30)12-9-17/h5-15,24,33H,16H2,1-4H3,(H,31,35)(H,32,34). The van der Waals surface area contributed by atoms with Crippen LogP contribution in [0.2, 0.25) is 0 Å². The van der Waals surface area contributed by atoms with Gasteiger partial charge in [0.1, 0.15) is 17.2 Å². The van der Waals surface area contributed by atoms with Gasteiger partial charge in [-0.25, -0.2) is 4.39 Å². The minimum Gasteiger partial charge on any atom is -0.455 e. The van der Waals surface area contributed by atoms with Crippen LogP contribution in [0.1, 0.15) is 41.5 Å². The predicted octanol–water partition coefficient (Wildman–Crippen LogP) is 5.40. The van der Waals surface area contributed by atoms with E-state index in [1.54, 1.807) is 43.4 Å². The predicted molar refractivity (Wildman–Crippen MR) is 138 cm³/mol. The number of carbonyl (C=O) groups excluding carboxylic acids is 2. The molecule has 0 saturated carbocycles. The largest absolute Gasteiger partial charge is 0.455 e. The molecule has 0 radical (unpaired) electrons. The van der Waals surface area contributed by atoms with Crippen molar-refractivity contribution in [3.05, 3.63) is 83.7 Å². The molecule has 4 aromatic rings. The number of halogens is 1. The van der Waals surface area contributed by atoms with Crippen molar-refractivity contribution in [3.8, 4) is 22.5 Å². The van der Waals surface area contributed by atoms with Crippen molar-refractivity contribution >= 4 is 22.8 Å². The zero-order valence-corrected chi connectivity index (χ0v) is 20.7. The molecule has 6 nitrogen and oxygen atoms in total. The first-order valence-electron chi connectivity index (χ1n) is 11.7. The molecule has 4 rings (SSSR count). The Bertz CT molecular complexity index is 1420. The van der Waals surface area contributed by atoms with Crippen LogP contribution < -0.4 is 10.6 Å². The third-order valence-electron chi connectivity index (χ3n) is 6.24. The van der Waals surface area contributed by atoms with Crippen molar-refractivity contribution in [2.45, 2.75) is 26.8 Å². The number of fused-ring (bicyclic) bond motifs is 1. The lowest BCUT2D eigenvalue weighted by molar-refractivity contribution is 0.0848. The molecular weight excluding hydrogens is 459 g/mol. The van der Waals surface area contributed by atoms with Crippen LogP contribution in [0.3, 0.4) is 0 Å². The number of carbonyl (C=O) groups is 2. The van der Waals surface area contributed by atoms with Crippen LogP contribution in [0.15, 0.2) is 71.1 Å². The molecule has 1 atom stereocenters. The average molecular weight is 489 g/mol. The molecule has 0 aliphatic heterocycles. The van der Waals surface area contributed by atoms with Gasteiger partial charge in [0.25, 0.3) is 11.8 Å². The van der Waals surface area contributed by atoms with E-state index in [0.717, 1.165) is 11.1 Å². The first-order chi connectivity index (χ1) is 17.1. The highest BCUT2D eigenvalue weighted by Crippen LogP contribution is 2.36. The summed E-state index contributed by atoms with van der Waals surface area (Å²) >= 11 is 0. The molecule has 0 aliphatic carbocycles. The summed E-state index contributed by atoms with van der Waals surface area (Å²) in [5.41, 5.74) is 3.20. The fraction of sp³-hybridized carbons (Fsp3) is 0.241. The minimum atomic E-state index is -0.393. The molecule has 36 heavy (non-hydrogen) atoms. The van der Waals surface area contributed by atoms with Gasteiger partial charge in [0.2, 0.25) is 0 Å². The molecule has 1 heterocycles. The highest BCUT2D eigenvalue weighted by Gasteiger charge is 2.26. The lowest BCUT2D eigenvalue weighted by atomic mass is 9.87. The smallest absolute Gasteiger partial charge is 0.255 e. The molecule has 1 aromatic heterocycles. The second kappa shape index (κ2) is 9.95. The van der Waals surface area contributed by atoms with Gasteiger partial charge in [-0.15, -0.1) is 0 Å². The number of amides is 2. The van der Waals surface area contributed by atoms with Crippen LogP contribution in [0, 0.1) is 11.2 Å². The molecule has 0 saturated heterocycles. The number of furan rings is 1. The molecular formula is C29H29FN2O4. The van der Waals surface area contributed by atoms with Crippen molar-refractivity contribution in [1.82, 2.24) is 10.6 Å². The van der Waals surface area contributed by atoms with Crippen LogP contribution in [-0.2, 0) is 0 Å². The fourth-order valence-electron chi connectivity index (χ4n) is 4.05. The fourth-order valence-corrected chi connectivity index (χ4v) is 4.05. The maximum Gasteiger partial charge on any atom is 0.255 e. The summed E-state index contributed by atoms with van der Waals surface area (Å²) in [4.78, 5) is 25.7. The highest BCUT2D eigenvalue weighted by atomic mass is 19.1. The van der Waals surface area contributed by atoms with Gasteiger partial charge < -0.3 is 20.2 Å². The topological polar surface area (TPSA) is 91.6 Å². The number of benzene rings is 3. The third-order valence-corrected chi connectivity index (χ3v) is 6.24. The summed E-state index contributed by atoms with van der Waals surface area (Å²) in [5.74, 6) is -0.627. The van der Waals surface area contributed by atoms with Gasteiger partial charge in [0, 0.05) is 23.6 Å². The van der Waals surface area contributed by atoms with Crippen LogP contribution in [0.4, 0.5) is 4.39 Å². The Kier molecular flexibility index (Phi) is 6.95. The van der Waals surface area contributed by atoms with Crippen molar-refractivity contribution < 1.29 is 23.5 Å². The second-order valence-electron chi connectivity index (χ2n) is 9.76. The zero-order valence-electron chi connectivity index (χ0n) is 20.7. The number of rotatable bonds is 6. The maximum atomic E-state index is 13.5. The van der Waals surface area contributed by atoms with Gasteiger partial charge in [0.15, 0.2) is 0 Å². The normalized spacial score (nSPS) is 12.4. The van der Waals surface area contributed by atoms with E-state index >= 15 is 0 Å². The lowest BCUT2D eigenvalue weighted by Crippen LogP contribution is -2.46. The van der Waals surface area contributed by atoms with Gasteiger partial charge in [-0.3, -0.25) is 9.59 Å². The van der Waals surface area contributed by atoms with E-state index in [2.05, 4.69) is 10.6 Å². The molecule has 3 aromatic carbocycles. The minimum absolute atomic E-state index is 0.162. The number of hydrogen-bond acceptors (Lipinski definition) is 4. The Balaban J connectivity index is 1.75. The van der Waals surface area contributed by atoms with E-state index < -0.39 is 6.04 Å². The van der Waals surface area contributed by atoms with Crippen LogP contribution >= 0.6 is 0 Å². The summed E-state index contributed by atoms with van der Waals surface area (Å²) in [5, 5.41) is 15.9. The van der Waals surface area contributed by atoms with E-state index in [9.17, 15) is 19.1 Å². The molecule has 186 valence electrons. The molecule has 7 heteroatoms. The van der Waals surface area contributed by atoms with Crippen molar-refractivity contribution in [2.24, 2.45) is 5.41 Å². The summed E-state index contributed by atoms with van der Waals surface area (Å²) in [6.45, 7) is 5.70. The Morgan fingerprint density at radius 3 is 2.25 bits per heavy atom. The number of aliphatic hydroxyl groups excluding tert-OH is 1. The quantitative estimate of drug-likeness (QED) is 0.339. The van der Waals surface area contributed by atoms with Crippen LogP contribution in [0.5, 0.6) is 0 Å². The number of hydrogen-bond donors (Lipinski definition) is 3. The first kappa shape index (κ1) is 25.1. The van der Waals surface area contributed by atoms with Crippen molar-refractivity contribution in [3.63, 3.8) is 0 Å². The summed E-state index contributed by atoms with van der Waals surface area (Å²) in [6, 6.07) is 18.0. The monoisotopic (exact) mass is 488 g/mol. The van der Waals surface area contributed by atoms with Gasteiger partial charge in [-0.2, -0.15) is 0 Å². The van der Waals surface area contributed by atoms with E-state index in [0.29, 0.717) is 33.4 Å². The average Bonchev–Trinajstić information content (AvgIpc) is 3.25. The second-order valence-corrected chi connectivity index (χ2v) is 9.76. The first-order valence-corrected chi connectivity index (χ1v) is 11.7. The Morgan fingerprint density at radius 1 is 0.944 bits per heavy atom. The Hall–Kier alpha value is -3.97. The van der Waals surface area contributed by atoms with Gasteiger partial charge >= 0.3 is 0 Å². The molecule has 3 N–H and O–H groups in total. The number of nitrogens with one attached hydrogen (secondary N) is 2. The molecule has 1 unspecified atom stereocenters. The van der Waals surface area contributed by atoms with Gasteiger partial charge in [-0.1, -0.05) is 39.0 Å². The highest BCUT2D eigenvalue weighted by molar-refractivity contribution is 6.11. The zero-order chi connectivity index (χ0) is 26.0. The number of aliphatic hydroxyl groups is 1. The summed E-state index contributed by atoms with van der Waals surface area (Å²) in [7, 11) is 1.54. The Labute approximate surface area is 209 Å². The van der Waals surface area contributed by atoms with Crippen LogP contribution in [-0.4, -0.2) is 36.6 Å². The summed E-state index contributed by atoms with van der Waals surface area (Å²) in [6.07, 6.45) is 0. The molecule has 2 amide bonds. The molecule has 0 fully saturated rings.